The molecule has 6 nitrogen and oxygen atoms in total. The third-order valence-electron chi connectivity index (χ3n) is 4.60. The van der Waals surface area contributed by atoms with E-state index in [2.05, 4.69) is 15.0 Å². The molecule has 0 spiro atoms. The van der Waals surface area contributed by atoms with E-state index in [-0.39, 0.29) is 12.2 Å². The van der Waals surface area contributed by atoms with Gasteiger partial charge in [-0.15, -0.1) is 11.3 Å². The van der Waals surface area contributed by atoms with E-state index in [1.54, 1.807) is 19.3 Å². The van der Waals surface area contributed by atoms with Gasteiger partial charge in [0, 0.05) is 45.5 Å². The number of hydrogen-bond acceptors (Lipinski definition) is 6. The Labute approximate surface area is 171 Å². The van der Waals surface area contributed by atoms with Crippen molar-refractivity contribution >= 4 is 34.0 Å². The number of esters is 1. The molecule has 1 aromatic carbocycles. The summed E-state index contributed by atoms with van der Waals surface area (Å²) in [4.78, 5) is 37.0. The fraction of sp³-hybridized carbons (Fsp3) is 0.182. The molecule has 0 saturated carbocycles. The number of benzene rings is 1. The van der Waals surface area contributed by atoms with Crippen molar-refractivity contribution < 1.29 is 14.3 Å². The van der Waals surface area contributed by atoms with Crippen molar-refractivity contribution in [3.8, 4) is 10.6 Å². The minimum Gasteiger partial charge on any atom is -0.454 e. The van der Waals surface area contributed by atoms with Crippen LogP contribution in [0.4, 0.5) is 0 Å². The predicted octanol–water partition coefficient (Wildman–Crippen LogP) is 4.35. The van der Waals surface area contributed by atoms with Crippen molar-refractivity contribution in [2.75, 3.05) is 0 Å². The van der Waals surface area contributed by atoms with E-state index >= 15 is 0 Å². The zero-order valence-electron chi connectivity index (χ0n) is 16.0. The van der Waals surface area contributed by atoms with Gasteiger partial charge < -0.3 is 9.72 Å². The van der Waals surface area contributed by atoms with Crippen molar-refractivity contribution in [1.29, 1.82) is 0 Å². The van der Waals surface area contributed by atoms with Crippen LogP contribution < -0.4 is 0 Å². The van der Waals surface area contributed by atoms with Gasteiger partial charge in [-0.2, -0.15) is 0 Å². The first-order valence-corrected chi connectivity index (χ1v) is 10.1. The number of Topliss-reactive ketones (excluding diaryl/α,β-unsaturated/α-hetero) is 1. The van der Waals surface area contributed by atoms with Crippen molar-refractivity contribution in [2.24, 2.45) is 0 Å². The number of nitrogens with zero attached hydrogens (tertiary/aromatic N) is 2. The van der Waals surface area contributed by atoms with Gasteiger partial charge in [0.1, 0.15) is 5.01 Å². The average molecular weight is 405 g/mol. The van der Waals surface area contributed by atoms with Gasteiger partial charge in [-0.1, -0.05) is 18.2 Å². The fourth-order valence-electron chi connectivity index (χ4n) is 3.25. The van der Waals surface area contributed by atoms with E-state index in [0.717, 1.165) is 27.2 Å². The van der Waals surface area contributed by atoms with Crippen LogP contribution in [0.1, 0.15) is 28.7 Å². The van der Waals surface area contributed by atoms with E-state index in [4.69, 9.17) is 4.74 Å². The number of carbonyl (C=O) groups excluding carboxylic acids is 2. The molecule has 3 heterocycles. The lowest BCUT2D eigenvalue weighted by Gasteiger charge is -2.12. The first kappa shape index (κ1) is 19.0. The predicted molar refractivity (Wildman–Crippen MR) is 112 cm³/mol. The van der Waals surface area contributed by atoms with Crippen molar-refractivity contribution in [3.05, 3.63) is 71.1 Å². The van der Waals surface area contributed by atoms with Gasteiger partial charge in [0.2, 0.25) is 5.78 Å². The third kappa shape index (κ3) is 3.95. The van der Waals surface area contributed by atoms with Crippen LogP contribution in [0.5, 0.6) is 0 Å². The number of fused-ring (bicyclic) bond motifs is 1. The van der Waals surface area contributed by atoms with Crippen molar-refractivity contribution in [3.63, 3.8) is 0 Å². The van der Waals surface area contributed by atoms with Crippen LogP contribution in [-0.2, 0) is 16.0 Å². The SMILES string of the molecule is Cc1[nH]c2ccccc2c1C(=O)[C@@H](C)OC(=O)Cc1csc(-c2cccnc2)n1. The summed E-state index contributed by atoms with van der Waals surface area (Å²) in [6, 6.07) is 11.3. The maximum Gasteiger partial charge on any atom is 0.312 e. The second-order valence-corrected chi connectivity index (χ2v) is 7.59. The summed E-state index contributed by atoms with van der Waals surface area (Å²) in [6.45, 7) is 3.45. The molecule has 0 amide bonds. The van der Waals surface area contributed by atoms with Gasteiger partial charge in [-0.3, -0.25) is 14.6 Å². The smallest absolute Gasteiger partial charge is 0.312 e. The van der Waals surface area contributed by atoms with E-state index < -0.39 is 12.1 Å². The highest BCUT2D eigenvalue weighted by Crippen LogP contribution is 2.25. The second-order valence-electron chi connectivity index (χ2n) is 6.73. The number of aromatic amines is 1. The molecule has 3 aromatic heterocycles. The number of aryl methyl sites for hydroxylation is 1. The van der Waals surface area contributed by atoms with Crippen LogP contribution >= 0.6 is 11.3 Å². The molecule has 146 valence electrons. The molecule has 0 saturated heterocycles. The van der Waals surface area contributed by atoms with Crippen LogP contribution in [0.15, 0.2) is 54.2 Å². The first-order valence-electron chi connectivity index (χ1n) is 9.18. The highest BCUT2D eigenvalue weighted by molar-refractivity contribution is 7.13. The van der Waals surface area contributed by atoms with Crippen molar-refractivity contribution in [2.45, 2.75) is 26.4 Å². The van der Waals surface area contributed by atoms with E-state index in [0.29, 0.717) is 11.3 Å². The van der Waals surface area contributed by atoms with Crippen LogP contribution in [0.2, 0.25) is 0 Å². The van der Waals surface area contributed by atoms with Gasteiger partial charge >= 0.3 is 5.97 Å². The molecule has 0 unspecified atom stereocenters. The Hall–Kier alpha value is -3.32. The average Bonchev–Trinajstić information content (AvgIpc) is 3.31. The Balaban J connectivity index is 1.44. The molecule has 7 heteroatoms. The molecule has 0 radical (unpaired) electrons. The third-order valence-corrected chi connectivity index (χ3v) is 5.54. The number of aromatic nitrogens is 3. The molecule has 0 aliphatic rings. The zero-order chi connectivity index (χ0) is 20.4. The molecule has 0 aliphatic carbocycles. The Morgan fingerprint density at radius 2 is 2.03 bits per heavy atom. The van der Waals surface area contributed by atoms with Gasteiger partial charge in [0.25, 0.3) is 0 Å². The summed E-state index contributed by atoms with van der Waals surface area (Å²) < 4.78 is 5.41. The maximum atomic E-state index is 12.9. The molecule has 1 N–H and O–H groups in total. The van der Waals surface area contributed by atoms with Gasteiger partial charge in [-0.25, -0.2) is 4.98 Å². The fourth-order valence-corrected chi connectivity index (χ4v) is 4.06. The number of nitrogens with one attached hydrogen (secondary N) is 1. The van der Waals surface area contributed by atoms with E-state index in [1.165, 1.54) is 11.3 Å². The summed E-state index contributed by atoms with van der Waals surface area (Å²) in [5.41, 5.74) is 3.72. The Bertz CT molecular complexity index is 1180. The molecule has 0 aliphatic heterocycles. The number of ketones is 1. The minimum absolute atomic E-state index is 0.0151. The molecule has 0 bridgehead atoms. The highest BCUT2D eigenvalue weighted by atomic mass is 32.1. The molecular formula is C22H19N3O3S. The lowest BCUT2D eigenvalue weighted by molar-refractivity contribution is -0.145. The number of H-pyrrole nitrogens is 1. The standard InChI is InChI=1S/C22H19N3O3S/c1-13-20(17-7-3-4-8-18(17)24-13)21(27)14(2)28-19(26)10-16-12-29-22(25-16)15-6-5-9-23-11-15/h3-9,11-12,14,24H,10H2,1-2H3/t14-/m1/s1. The minimum atomic E-state index is -0.878. The maximum absolute atomic E-state index is 12.9. The number of hydrogen-bond donors (Lipinski definition) is 1. The van der Waals surface area contributed by atoms with Crippen LogP contribution in [0.3, 0.4) is 0 Å². The second kappa shape index (κ2) is 7.97. The molecule has 4 rings (SSSR count). The lowest BCUT2D eigenvalue weighted by atomic mass is 10.0. The summed E-state index contributed by atoms with van der Waals surface area (Å²) in [7, 11) is 0. The highest BCUT2D eigenvalue weighted by Gasteiger charge is 2.24. The van der Waals surface area contributed by atoms with Crippen LogP contribution in [-0.4, -0.2) is 32.8 Å². The molecular weight excluding hydrogens is 386 g/mol. The largest absolute Gasteiger partial charge is 0.454 e. The summed E-state index contributed by atoms with van der Waals surface area (Å²) in [6.07, 6.45) is 2.56. The van der Waals surface area contributed by atoms with E-state index in [9.17, 15) is 9.59 Å². The number of ether oxygens (including phenoxy) is 1. The Morgan fingerprint density at radius 3 is 2.83 bits per heavy atom. The zero-order valence-corrected chi connectivity index (χ0v) is 16.8. The van der Waals surface area contributed by atoms with Crippen molar-refractivity contribution in [1.82, 2.24) is 15.0 Å². The number of carbonyl (C=O) groups is 2. The number of rotatable bonds is 6. The van der Waals surface area contributed by atoms with Crippen LogP contribution in [0.25, 0.3) is 21.5 Å². The molecule has 29 heavy (non-hydrogen) atoms. The topological polar surface area (TPSA) is 84.9 Å². The monoisotopic (exact) mass is 405 g/mol. The van der Waals surface area contributed by atoms with E-state index in [1.807, 2.05) is 48.7 Å². The number of pyridine rings is 1. The summed E-state index contributed by atoms with van der Waals surface area (Å²) in [5, 5.41) is 3.44. The summed E-state index contributed by atoms with van der Waals surface area (Å²) >= 11 is 1.44. The molecule has 0 fully saturated rings. The van der Waals surface area contributed by atoms with Gasteiger partial charge in [0.15, 0.2) is 6.10 Å². The summed E-state index contributed by atoms with van der Waals surface area (Å²) in [5.74, 6) is -0.700. The Morgan fingerprint density at radius 1 is 1.21 bits per heavy atom. The number of para-hydroxylation sites is 1. The quantitative estimate of drug-likeness (QED) is 0.381. The Kier molecular flexibility index (Phi) is 5.22. The van der Waals surface area contributed by atoms with Crippen LogP contribution in [0, 0.1) is 6.92 Å². The van der Waals surface area contributed by atoms with Gasteiger partial charge in [0.05, 0.1) is 12.1 Å². The molecule has 1 atom stereocenters. The first-order chi connectivity index (χ1) is 14.0. The number of thiazole rings is 1. The normalized spacial score (nSPS) is 12.1. The molecule has 4 aromatic rings. The van der Waals surface area contributed by atoms with Gasteiger partial charge in [-0.05, 0) is 32.0 Å². The lowest BCUT2D eigenvalue weighted by Crippen LogP contribution is -2.25.